The third-order valence-electron chi connectivity index (χ3n) is 2.70. The molecule has 19 heavy (non-hydrogen) atoms. The smallest absolute Gasteiger partial charge is 0.289 e. The minimum Gasteiger partial charge on any atom is -0.455 e. The molecule has 1 amide bonds. The molecule has 0 aliphatic rings. The summed E-state index contributed by atoms with van der Waals surface area (Å²) in [5, 5.41) is 0. The number of rotatable bonds is 9. The fraction of sp³-hybridized carbons (Fsp3) is 0.615. The molecule has 2 N–H and O–H groups in total. The van der Waals surface area contributed by atoms with Gasteiger partial charge < -0.3 is 24.5 Å². The molecule has 0 saturated carbocycles. The zero-order valence-electron chi connectivity index (χ0n) is 11.6. The summed E-state index contributed by atoms with van der Waals surface area (Å²) in [4.78, 5) is 14.0. The Morgan fingerprint density at radius 1 is 1.26 bits per heavy atom. The van der Waals surface area contributed by atoms with Gasteiger partial charge in [0.2, 0.25) is 0 Å². The van der Waals surface area contributed by atoms with E-state index in [1.54, 1.807) is 31.3 Å². The Morgan fingerprint density at radius 2 is 2.00 bits per heavy atom. The van der Waals surface area contributed by atoms with Crippen molar-refractivity contribution in [2.24, 2.45) is 5.73 Å². The first kappa shape index (κ1) is 15.7. The summed E-state index contributed by atoms with van der Waals surface area (Å²) in [5.41, 5.74) is 5.46. The summed E-state index contributed by atoms with van der Waals surface area (Å²) >= 11 is 0. The minimum absolute atomic E-state index is 0.146. The van der Waals surface area contributed by atoms with Crippen molar-refractivity contribution in [2.45, 2.75) is 13.0 Å². The second-order valence-corrected chi connectivity index (χ2v) is 4.10. The molecule has 0 aliphatic heterocycles. The Bertz CT molecular complexity index is 378. The van der Waals surface area contributed by atoms with Crippen LogP contribution in [0.1, 0.15) is 22.7 Å². The number of methoxy groups -OCH3 is 2. The summed E-state index contributed by atoms with van der Waals surface area (Å²) in [6.07, 6.45) is 0.774. The van der Waals surface area contributed by atoms with Crippen LogP contribution in [0.2, 0.25) is 0 Å². The van der Waals surface area contributed by atoms with E-state index in [1.807, 2.05) is 0 Å². The fourth-order valence-corrected chi connectivity index (χ4v) is 1.67. The number of amides is 1. The van der Waals surface area contributed by atoms with E-state index in [2.05, 4.69) is 0 Å². The van der Waals surface area contributed by atoms with Crippen LogP contribution in [0, 0.1) is 0 Å². The van der Waals surface area contributed by atoms with Gasteiger partial charge in [0.05, 0.1) is 13.2 Å². The van der Waals surface area contributed by atoms with Gasteiger partial charge in [0.1, 0.15) is 5.76 Å². The van der Waals surface area contributed by atoms with Gasteiger partial charge >= 0.3 is 0 Å². The lowest BCUT2D eigenvalue weighted by Gasteiger charge is -2.21. The van der Waals surface area contributed by atoms with Gasteiger partial charge in [-0.2, -0.15) is 0 Å². The lowest BCUT2D eigenvalue weighted by Crippen LogP contribution is -2.35. The maximum Gasteiger partial charge on any atom is 0.289 e. The molecule has 0 aromatic carbocycles. The van der Waals surface area contributed by atoms with Crippen LogP contribution in [0.15, 0.2) is 16.5 Å². The molecular formula is C13H22N2O4. The molecule has 0 radical (unpaired) electrons. The van der Waals surface area contributed by atoms with E-state index >= 15 is 0 Å². The number of ether oxygens (including phenoxy) is 2. The van der Waals surface area contributed by atoms with Crippen molar-refractivity contribution in [3.05, 3.63) is 23.7 Å². The maximum absolute atomic E-state index is 12.3. The Balaban J connectivity index is 2.63. The van der Waals surface area contributed by atoms with Crippen molar-refractivity contribution in [3.63, 3.8) is 0 Å². The first-order valence-corrected chi connectivity index (χ1v) is 6.28. The van der Waals surface area contributed by atoms with Crippen molar-refractivity contribution < 1.29 is 18.7 Å². The van der Waals surface area contributed by atoms with Gasteiger partial charge in [0.25, 0.3) is 5.91 Å². The minimum atomic E-state index is -0.146. The molecule has 108 valence electrons. The first-order valence-electron chi connectivity index (χ1n) is 6.28. The van der Waals surface area contributed by atoms with Gasteiger partial charge in [-0.3, -0.25) is 4.79 Å². The van der Waals surface area contributed by atoms with Crippen LogP contribution in [0.4, 0.5) is 0 Å². The number of nitrogens with zero attached hydrogens (tertiary/aromatic N) is 1. The highest BCUT2D eigenvalue weighted by molar-refractivity contribution is 5.91. The van der Waals surface area contributed by atoms with Crippen molar-refractivity contribution in [3.8, 4) is 0 Å². The normalized spacial score (nSPS) is 10.7. The van der Waals surface area contributed by atoms with Gasteiger partial charge in [-0.05, 0) is 18.6 Å². The topological polar surface area (TPSA) is 77.9 Å². The lowest BCUT2D eigenvalue weighted by molar-refractivity contribution is 0.0642. The van der Waals surface area contributed by atoms with Crippen molar-refractivity contribution in [2.75, 3.05) is 40.5 Å². The number of hydrogen-bond donors (Lipinski definition) is 1. The average molecular weight is 270 g/mol. The SMILES string of the molecule is COCCCN(CCOC)C(=O)c1ccc(CN)o1. The number of carbonyl (C=O) groups is 1. The number of furan rings is 1. The molecule has 0 aliphatic carbocycles. The molecule has 6 heteroatoms. The van der Waals surface area contributed by atoms with Gasteiger partial charge in [-0.1, -0.05) is 0 Å². The number of nitrogens with two attached hydrogens (primary N) is 1. The molecule has 0 fully saturated rings. The molecular weight excluding hydrogens is 248 g/mol. The van der Waals surface area contributed by atoms with E-state index in [4.69, 9.17) is 19.6 Å². The molecule has 0 bridgehead atoms. The van der Waals surface area contributed by atoms with E-state index in [9.17, 15) is 4.79 Å². The molecule has 1 rings (SSSR count). The zero-order chi connectivity index (χ0) is 14.1. The first-order chi connectivity index (χ1) is 9.22. The summed E-state index contributed by atoms with van der Waals surface area (Å²) in [6.45, 7) is 2.52. The Kier molecular flexibility index (Phi) is 7.17. The highest BCUT2D eigenvalue weighted by Crippen LogP contribution is 2.10. The van der Waals surface area contributed by atoms with Gasteiger partial charge in [-0.25, -0.2) is 0 Å². The quantitative estimate of drug-likeness (QED) is 0.673. The molecule has 0 atom stereocenters. The fourth-order valence-electron chi connectivity index (χ4n) is 1.67. The predicted octanol–water partition coefficient (Wildman–Crippen LogP) is 0.863. The number of hydrogen-bond acceptors (Lipinski definition) is 5. The van der Waals surface area contributed by atoms with Crippen LogP contribution < -0.4 is 5.73 Å². The van der Waals surface area contributed by atoms with Crippen LogP contribution in [-0.2, 0) is 16.0 Å². The summed E-state index contributed by atoms with van der Waals surface area (Å²) < 4.78 is 15.4. The van der Waals surface area contributed by atoms with Gasteiger partial charge in [0, 0.05) is 33.9 Å². The average Bonchev–Trinajstić information content (AvgIpc) is 2.91. The summed E-state index contributed by atoms with van der Waals surface area (Å²) in [5.74, 6) is 0.772. The second kappa shape index (κ2) is 8.68. The highest BCUT2D eigenvalue weighted by Gasteiger charge is 2.18. The van der Waals surface area contributed by atoms with Gasteiger partial charge in [0.15, 0.2) is 5.76 Å². The molecule has 6 nitrogen and oxygen atoms in total. The molecule has 0 saturated heterocycles. The third-order valence-corrected chi connectivity index (χ3v) is 2.70. The molecule has 0 spiro atoms. The van der Waals surface area contributed by atoms with E-state index in [0.29, 0.717) is 37.8 Å². The van der Waals surface area contributed by atoms with Crippen molar-refractivity contribution in [1.82, 2.24) is 4.90 Å². The third kappa shape index (κ3) is 5.02. The molecule has 0 unspecified atom stereocenters. The van der Waals surface area contributed by atoms with Crippen LogP contribution in [0.3, 0.4) is 0 Å². The monoisotopic (exact) mass is 270 g/mol. The van der Waals surface area contributed by atoms with Crippen LogP contribution in [0.25, 0.3) is 0 Å². The van der Waals surface area contributed by atoms with Crippen LogP contribution in [-0.4, -0.2) is 51.3 Å². The van der Waals surface area contributed by atoms with Crippen LogP contribution in [0.5, 0.6) is 0 Å². The maximum atomic E-state index is 12.3. The standard InChI is InChI=1S/C13H22N2O4/c1-17-8-3-6-15(7-9-18-2)13(16)12-5-4-11(10-14)19-12/h4-5H,3,6-10,14H2,1-2H3. The lowest BCUT2D eigenvalue weighted by atomic mass is 10.3. The molecule has 1 aromatic heterocycles. The van der Waals surface area contributed by atoms with E-state index < -0.39 is 0 Å². The van der Waals surface area contributed by atoms with E-state index in [-0.39, 0.29) is 12.5 Å². The van der Waals surface area contributed by atoms with E-state index in [0.717, 1.165) is 6.42 Å². The Morgan fingerprint density at radius 3 is 2.58 bits per heavy atom. The second-order valence-electron chi connectivity index (χ2n) is 4.10. The Hall–Kier alpha value is -1.37. The largest absolute Gasteiger partial charge is 0.455 e. The van der Waals surface area contributed by atoms with Gasteiger partial charge in [-0.15, -0.1) is 0 Å². The summed E-state index contributed by atoms with van der Waals surface area (Å²) in [7, 11) is 3.25. The highest BCUT2D eigenvalue weighted by atomic mass is 16.5. The summed E-state index contributed by atoms with van der Waals surface area (Å²) in [6, 6.07) is 3.37. The number of carbonyl (C=O) groups excluding carboxylic acids is 1. The zero-order valence-corrected chi connectivity index (χ0v) is 11.6. The molecule has 1 heterocycles. The van der Waals surface area contributed by atoms with Crippen molar-refractivity contribution >= 4 is 5.91 Å². The molecule has 1 aromatic rings. The van der Waals surface area contributed by atoms with E-state index in [1.165, 1.54) is 0 Å². The Labute approximate surface area is 113 Å². The van der Waals surface area contributed by atoms with Crippen LogP contribution >= 0.6 is 0 Å². The predicted molar refractivity (Wildman–Crippen MR) is 70.9 cm³/mol. The van der Waals surface area contributed by atoms with Crippen molar-refractivity contribution in [1.29, 1.82) is 0 Å².